The molecule has 1 saturated heterocycles. The molecule has 1 aromatic carbocycles. The summed E-state index contributed by atoms with van der Waals surface area (Å²) < 4.78 is 26.6. The summed E-state index contributed by atoms with van der Waals surface area (Å²) in [4.78, 5) is 36.2. The summed E-state index contributed by atoms with van der Waals surface area (Å²) in [5, 5.41) is 2.64. The van der Waals surface area contributed by atoms with Crippen LogP contribution in [0.25, 0.3) is 0 Å². The topological polar surface area (TPSA) is 104 Å². The Morgan fingerprint density at radius 1 is 1.19 bits per heavy atom. The number of rotatable bonds is 8. The summed E-state index contributed by atoms with van der Waals surface area (Å²) in [7, 11) is -3.78. The van der Waals surface area contributed by atoms with Gasteiger partial charge in [0.1, 0.15) is 4.90 Å². The first kappa shape index (κ1) is 21.3. The Morgan fingerprint density at radius 3 is 2.33 bits per heavy atom. The first-order valence-corrected chi connectivity index (χ1v) is 10.4. The molecule has 1 fully saturated rings. The molecule has 1 aliphatic rings. The van der Waals surface area contributed by atoms with Crippen LogP contribution in [0.5, 0.6) is 0 Å². The van der Waals surface area contributed by atoms with E-state index in [0.717, 1.165) is 4.90 Å². The molecule has 1 aliphatic heterocycles. The minimum Gasteiger partial charge on any atom is -0.326 e. The van der Waals surface area contributed by atoms with E-state index >= 15 is 0 Å². The van der Waals surface area contributed by atoms with E-state index in [9.17, 15) is 22.8 Å². The van der Waals surface area contributed by atoms with Crippen LogP contribution in [0, 0.1) is 0 Å². The molecule has 3 amide bonds. The Bertz CT molecular complexity index is 836. The molecular formula is C17H22ClN3O5S. The molecule has 0 unspecified atom stereocenters. The van der Waals surface area contributed by atoms with E-state index in [2.05, 4.69) is 5.32 Å². The highest BCUT2D eigenvalue weighted by atomic mass is 35.5. The van der Waals surface area contributed by atoms with Crippen molar-refractivity contribution >= 4 is 45.0 Å². The number of hydrogen-bond acceptors (Lipinski definition) is 5. The van der Waals surface area contributed by atoms with Crippen LogP contribution < -0.4 is 5.32 Å². The molecule has 27 heavy (non-hydrogen) atoms. The third-order valence-electron chi connectivity index (χ3n) is 4.26. The van der Waals surface area contributed by atoms with E-state index in [1.54, 1.807) is 13.8 Å². The van der Waals surface area contributed by atoms with Gasteiger partial charge in [0.2, 0.25) is 27.7 Å². The first-order valence-electron chi connectivity index (χ1n) is 8.63. The second kappa shape index (κ2) is 8.81. The van der Waals surface area contributed by atoms with E-state index in [-0.39, 0.29) is 53.2 Å². The van der Waals surface area contributed by atoms with Gasteiger partial charge in [0.25, 0.3) is 0 Å². The molecule has 10 heteroatoms. The number of imide groups is 1. The average Bonchev–Trinajstić information content (AvgIpc) is 2.93. The molecule has 1 N–H and O–H groups in total. The third-order valence-corrected chi connectivity index (χ3v) is 6.79. The molecule has 0 atom stereocenters. The Hall–Kier alpha value is -1.97. The van der Waals surface area contributed by atoms with Crippen LogP contribution in [0.4, 0.5) is 5.69 Å². The Balaban J connectivity index is 2.10. The fourth-order valence-corrected chi connectivity index (χ4v) is 4.75. The highest BCUT2D eigenvalue weighted by Gasteiger charge is 2.29. The SMILES string of the molecule is CCN(CC)S(=O)(=O)c1cc(NC(=O)CCN2C(=O)CCC2=O)ccc1Cl. The summed E-state index contributed by atoms with van der Waals surface area (Å²) in [6, 6.07) is 4.20. The van der Waals surface area contributed by atoms with Gasteiger partial charge in [0.05, 0.1) is 5.02 Å². The zero-order valence-electron chi connectivity index (χ0n) is 15.2. The van der Waals surface area contributed by atoms with Gasteiger partial charge >= 0.3 is 0 Å². The third kappa shape index (κ3) is 4.85. The molecule has 0 aliphatic carbocycles. The Labute approximate surface area is 163 Å². The molecule has 1 heterocycles. The van der Waals surface area contributed by atoms with Gasteiger partial charge in [0, 0.05) is 44.6 Å². The quantitative estimate of drug-likeness (QED) is 0.652. The van der Waals surface area contributed by atoms with Crippen LogP contribution in [-0.4, -0.2) is 55.0 Å². The van der Waals surface area contributed by atoms with Crippen LogP contribution >= 0.6 is 11.6 Å². The monoisotopic (exact) mass is 415 g/mol. The van der Waals surface area contributed by atoms with Gasteiger partial charge in [-0.15, -0.1) is 0 Å². The molecular weight excluding hydrogens is 394 g/mol. The molecule has 0 aromatic heterocycles. The highest BCUT2D eigenvalue weighted by Crippen LogP contribution is 2.28. The van der Waals surface area contributed by atoms with Gasteiger partial charge in [-0.2, -0.15) is 4.31 Å². The van der Waals surface area contributed by atoms with Gasteiger partial charge in [-0.1, -0.05) is 25.4 Å². The van der Waals surface area contributed by atoms with Crippen LogP contribution in [0.15, 0.2) is 23.1 Å². The molecule has 2 rings (SSSR count). The molecule has 0 spiro atoms. The number of carbonyl (C=O) groups is 3. The number of benzene rings is 1. The van der Waals surface area contributed by atoms with Gasteiger partial charge in [0.15, 0.2) is 0 Å². The van der Waals surface area contributed by atoms with Crippen LogP contribution in [0.3, 0.4) is 0 Å². The smallest absolute Gasteiger partial charge is 0.244 e. The van der Waals surface area contributed by atoms with Crippen molar-refractivity contribution in [2.75, 3.05) is 25.0 Å². The largest absolute Gasteiger partial charge is 0.326 e. The van der Waals surface area contributed by atoms with Crippen molar-refractivity contribution in [1.82, 2.24) is 9.21 Å². The number of carbonyl (C=O) groups excluding carboxylic acids is 3. The number of amides is 3. The standard InChI is InChI=1S/C17H22ClN3O5S/c1-3-20(4-2)27(25,26)14-11-12(5-6-13(14)18)19-15(22)9-10-21-16(23)7-8-17(21)24/h5-6,11H,3-4,7-10H2,1-2H3,(H,19,22). The summed E-state index contributed by atoms with van der Waals surface area (Å²) in [5.41, 5.74) is 0.272. The number of hydrogen-bond donors (Lipinski definition) is 1. The molecule has 1 aromatic rings. The summed E-state index contributed by atoms with van der Waals surface area (Å²) in [6.07, 6.45) is 0.270. The van der Waals surface area contributed by atoms with Crippen molar-refractivity contribution in [2.45, 2.75) is 38.0 Å². The second-order valence-electron chi connectivity index (χ2n) is 5.97. The van der Waals surface area contributed by atoms with Crippen molar-refractivity contribution in [3.05, 3.63) is 23.2 Å². The fraction of sp³-hybridized carbons (Fsp3) is 0.471. The van der Waals surface area contributed by atoms with Crippen LogP contribution in [0.1, 0.15) is 33.1 Å². The number of nitrogens with one attached hydrogen (secondary N) is 1. The highest BCUT2D eigenvalue weighted by molar-refractivity contribution is 7.89. The zero-order chi connectivity index (χ0) is 20.2. The molecule has 8 nitrogen and oxygen atoms in total. The first-order chi connectivity index (χ1) is 12.7. The minimum absolute atomic E-state index is 0.00168. The van der Waals surface area contributed by atoms with E-state index in [0.29, 0.717) is 13.1 Å². The lowest BCUT2D eigenvalue weighted by molar-refractivity contribution is -0.138. The molecule has 148 valence electrons. The molecule has 0 radical (unpaired) electrons. The van der Waals surface area contributed by atoms with Crippen molar-refractivity contribution in [2.24, 2.45) is 0 Å². The van der Waals surface area contributed by atoms with Gasteiger partial charge in [-0.05, 0) is 18.2 Å². The maximum Gasteiger partial charge on any atom is 0.244 e. The number of nitrogens with zero attached hydrogens (tertiary/aromatic N) is 2. The van der Waals surface area contributed by atoms with Crippen molar-refractivity contribution in [3.8, 4) is 0 Å². The van der Waals surface area contributed by atoms with E-state index in [1.807, 2.05) is 0 Å². The minimum atomic E-state index is -3.78. The van der Waals surface area contributed by atoms with E-state index in [1.165, 1.54) is 22.5 Å². The van der Waals surface area contributed by atoms with Gasteiger partial charge in [-0.25, -0.2) is 8.42 Å². The van der Waals surface area contributed by atoms with E-state index < -0.39 is 15.9 Å². The van der Waals surface area contributed by atoms with Crippen molar-refractivity contribution in [1.29, 1.82) is 0 Å². The summed E-state index contributed by atoms with van der Waals surface area (Å²) in [6.45, 7) is 4.04. The maximum atomic E-state index is 12.7. The summed E-state index contributed by atoms with van der Waals surface area (Å²) in [5.74, 6) is -1.00. The molecule has 0 saturated carbocycles. The average molecular weight is 416 g/mol. The predicted octanol–water partition coefficient (Wildman–Crippen LogP) is 1.85. The number of likely N-dealkylation sites (tertiary alicyclic amines) is 1. The number of halogens is 1. The van der Waals surface area contributed by atoms with Gasteiger partial charge in [-0.3, -0.25) is 19.3 Å². The maximum absolute atomic E-state index is 12.7. The lowest BCUT2D eigenvalue weighted by Crippen LogP contribution is -2.32. The summed E-state index contributed by atoms with van der Waals surface area (Å²) >= 11 is 6.05. The van der Waals surface area contributed by atoms with Crippen LogP contribution in [-0.2, 0) is 24.4 Å². The predicted molar refractivity (Wildman–Crippen MR) is 101 cm³/mol. The number of anilines is 1. The number of sulfonamides is 1. The second-order valence-corrected chi connectivity index (χ2v) is 8.29. The fourth-order valence-electron chi connectivity index (χ4n) is 2.79. The van der Waals surface area contributed by atoms with Crippen molar-refractivity contribution < 1.29 is 22.8 Å². The zero-order valence-corrected chi connectivity index (χ0v) is 16.8. The Kier molecular flexibility index (Phi) is 6.96. The lowest BCUT2D eigenvalue weighted by atomic mass is 10.3. The van der Waals surface area contributed by atoms with Gasteiger partial charge < -0.3 is 5.32 Å². The lowest BCUT2D eigenvalue weighted by Gasteiger charge is -2.20. The van der Waals surface area contributed by atoms with Crippen molar-refractivity contribution in [3.63, 3.8) is 0 Å². The van der Waals surface area contributed by atoms with E-state index in [4.69, 9.17) is 11.6 Å². The Morgan fingerprint density at radius 2 is 1.78 bits per heavy atom. The van der Waals surface area contributed by atoms with Crippen LogP contribution in [0.2, 0.25) is 5.02 Å². The normalized spacial score (nSPS) is 14.9. The molecule has 0 bridgehead atoms.